The third kappa shape index (κ3) is 5.70. The van der Waals surface area contributed by atoms with Gasteiger partial charge in [0.25, 0.3) is 5.91 Å². The molecule has 1 aromatic heterocycles. The first-order valence-electron chi connectivity index (χ1n) is 10.6. The first kappa shape index (κ1) is 24.2. The predicted molar refractivity (Wildman–Crippen MR) is 117 cm³/mol. The number of anilines is 1. The number of rotatable bonds is 8. The lowest BCUT2D eigenvalue weighted by molar-refractivity contribution is -0.131. The van der Waals surface area contributed by atoms with Crippen molar-refractivity contribution in [3.63, 3.8) is 0 Å². The van der Waals surface area contributed by atoms with Crippen LogP contribution >= 0.6 is 0 Å². The van der Waals surface area contributed by atoms with Gasteiger partial charge in [0.05, 0.1) is 13.2 Å². The number of nitrogens with zero attached hydrogens (tertiary/aromatic N) is 2. The van der Waals surface area contributed by atoms with Gasteiger partial charge in [-0.3, -0.25) is 19.3 Å². The van der Waals surface area contributed by atoms with Crippen LogP contribution < -0.4 is 15.5 Å². The molecule has 0 spiro atoms. The van der Waals surface area contributed by atoms with E-state index in [0.717, 1.165) is 6.92 Å². The second kappa shape index (κ2) is 10.0. The van der Waals surface area contributed by atoms with Gasteiger partial charge < -0.3 is 15.7 Å². The maximum atomic E-state index is 13.4. The minimum Gasteiger partial charge on any atom is -0.395 e. The van der Waals surface area contributed by atoms with Gasteiger partial charge in [0.1, 0.15) is 17.9 Å². The topological polar surface area (TPSA) is 112 Å². The van der Waals surface area contributed by atoms with Crippen molar-refractivity contribution in [1.29, 1.82) is 0 Å². The van der Waals surface area contributed by atoms with Crippen molar-refractivity contribution in [1.82, 2.24) is 15.6 Å². The van der Waals surface area contributed by atoms with Gasteiger partial charge in [0, 0.05) is 24.6 Å². The minimum atomic E-state index is -2.99. The Hall–Kier alpha value is -3.40. The highest BCUT2D eigenvalue weighted by Crippen LogP contribution is 2.38. The molecule has 0 bridgehead atoms. The Morgan fingerprint density at radius 1 is 1.21 bits per heavy atom. The number of aromatic nitrogens is 1. The highest BCUT2D eigenvalue weighted by molar-refractivity contribution is 6.05. The number of alkyl halides is 2. The number of nitrogens with one attached hydrogen (secondary N) is 2. The van der Waals surface area contributed by atoms with Gasteiger partial charge >= 0.3 is 0 Å². The summed E-state index contributed by atoms with van der Waals surface area (Å²) in [5.41, 5.74) is 1.91. The van der Waals surface area contributed by atoms with E-state index in [-0.39, 0.29) is 13.2 Å². The molecule has 0 saturated carbocycles. The lowest BCUT2D eigenvalue weighted by Crippen LogP contribution is -2.50. The van der Waals surface area contributed by atoms with Gasteiger partial charge in [0.2, 0.25) is 17.7 Å². The molecule has 176 valence electrons. The maximum absolute atomic E-state index is 13.4. The van der Waals surface area contributed by atoms with E-state index in [2.05, 4.69) is 15.6 Å². The molecular weight excluding hydrogens is 434 g/mol. The van der Waals surface area contributed by atoms with Crippen molar-refractivity contribution < 1.29 is 28.3 Å². The van der Waals surface area contributed by atoms with Crippen molar-refractivity contribution in [3.8, 4) is 11.1 Å². The van der Waals surface area contributed by atoms with E-state index >= 15 is 0 Å². The minimum absolute atomic E-state index is 0.0271. The Bertz CT molecular complexity index is 1040. The highest BCUT2D eigenvalue weighted by Gasteiger charge is 2.36. The lowest BCUT2D eigenvalue weighted by Gasteiger charge is -2.26. The fourth-order valence-electron chi connectivity index (χ4n) is 3.64. The first-order valence-corrected chi connectivity index (χ1v) is 10.6. The van der Waals surface area contributed by atoms with Crippen LogP contribution in [0.3, 0.4) is 0 Å². The van der Waals surface area contributed by atoms with E-state index in [1.165, 1.54) is 18.0 Å². The van der Waals surface area contributed by atoms with Crippen molar-refractivity contribution >= 4 is 23.5 Å². The molecule has 3 N–H and O–H groups in total. The summed E-state index contributed by atoms with van der Waals surface area (Å²) in [5.74, 6) is -4.46. The summed E-state index contributed by atoms with van der Waals surface area (Å²) in [5, 5.41) is 14.6. The van der Waals surface area contributed by atoms with E-state index in [9.17, 15) is 28.3 Å². The van der Waals surface area contributed by atoms with Crippen LogP contribution in [0.1, 0.15) is 38.3 Å². The van der Waals surface area contributed by atoms with Crippen LogP contribution in [0, 0.1) is 0 Å². The van der Waals surface area contributed by atoms with E-state index in [1.807, 2.05) is 0 Å². The third-order valence-corrected chi connectivity index (χ3v) is 5.29. The van der Waals surface area contributed by atoms with Gasteiger partial charge in [0.15, 0.2) is 0 Å². The molecule has 33 heavy (non-hydrogen) atoms. The van der Waals surface area contributed by atoms with E-state index in [0.29, 0.717) is 22.5 Å². The Balaban J connectivity index is 1.85. The Morgan fingerprint density at radius 2 is 1.91 bits per heavy atom. The number of benzene rings is 1. The number of carbonyl (C=O) groups excluding carboxylic acids is 3. The summed E-state index contributed by atoms with van der Waals surface area (Å²) >= 11 is 0. The molecule has 2 heterocycles. The molecule has 8 nitrogen and oxygen atoms in total. The second-order valence-electron chi connectivity index (χ2n) is 7.98. The number of β-amino-alcohol motifs (C(OH)–C–C–N with tert-alkyl or cyclic N) is 1. The maximum Gasteiger partial charge on any atom is 0.255 e. The molecule has 0 saturated heterocycles. The van der Waals surface area contributed by atoms with Crippen LogP contribution in [0.25, 0.3) is 11.1 Å². The van der Waals surface area contributed by atoms with Crippen LogP contribution in [0.2, 0.25) is 0 Å². The zero-order valence-electron chi connectivity index (χ0n) is 18.3. The molecule has 0 aliphatic carbocycles. The fourth-order valence-corrected chi connectivity index (χ4v) is 3.64. The molecule has 2 atom stereocenters. The molecule has 2 aromatic rings. The number of carbonyl (C=O) groups is 3. The van der Waals surface area contributed by atoms with Crippen molar-refractivity contribution in [2.45, 2.75) is 44.7 Å². The average Bonchev–Trinajstić information content (AvgIpc) is 2.87. The molecule has 1 aliphatic rings. The van der Waals surface area contributed by atoms with Crippen LogP contribution in [-0.2, 0) is 14.4 Å². The Kier molecular flexibility index (Phi) is 7.37. The Labute approximate surface area is 190 Å². The van der Waals surface area contributed by atoms with E-state index in [1.54, 1.807) is 36.4 Å². The monoisotopic (exact) mass is 460 g/mol. The fraction of sp³-hybridized carbons (Fsp3) is 0.391. The van der Waals surface area contributed by atoms with Crippen molar-refractivity contribution in [2.75, 3.05) is 18.1 Å². The van der Waals surface area contributed by atoms with Crippen molar-refractivity contribution in [2.24, 2.45) is 0 Å². The van der Waals surface area contributed by atoms with Gasteiger partial charge in [-0.25, -0.2) is 13.8 Å². The number of fused-ring (bicyclic) bond motifs is 3. The van der Waals surface area contributed by atoms with Crippen LogP contribution in [0.5, 0.6) is 0 Å². The Morgan fingerprint density at radius 3 is 2.61 bits per heavy atom. The molecule has 3 amide bonds. The van der Waals surface area contributed by atoms with Crippen LogP contribution in [0.4, 0.5) is 14.6 Å². The zero-order chi connectivity index (χ0) is 24.2. The third-order valence-electron chi connectivity index (χ3n) is 5.29. The van der Waals surface area contributed by atoms with Crippen molar-refractivity contribution in [3.05, 3.63) is 48.2 Å². The number of halogens is 2. The smallest absolute Gasteiger partial charge is 0.255 e. The summed E-state index contributed by atoms with van der Waals surface area (Å²) in [6.45, 7) is 1.79. The first-order chi connectivity index (χ1) is 15.6. The SMILES string of the molecule is C[C@H](NC(=O)CCC(C)(F)F)C(=O)N[C@@H]1C(=O)N(CCO)c2ncccc2-c2ccccc21. The highest BCUT2D eigenvalue weighted by atomic mass is 19.3. The van der Waals surface area contributed by atoms with Crippen LogP contribution in [0.15, 0.2) is 42.6 Å². The standard InChI is InChI=1S/C23H26F2N4O4/c1-14(27-18(31)9-10-23(2,24)25)21(32)28-19-16-7-4-3-6-15(16)17-8-5-11-26-20(17)29(12-13-30)22(19)33/h3-8,11,14,19,30H,9-10,12-13H2,1-2H3,(H,27,31)(H,28,32)/t14-,19-/m0/s1. The molecule has 1 aromatic carbocycles. The molecule has 0 unspecified atom stereocenters. The van der Waals surface area contributed by atoms with Crippen LogP contribution in [-0.4, -0.2) is 52.9 Å². The average molecular weight is 460 g/mol. The van der Waals surface area contributed by atoms with E-state index < -0.39 is 48.6 Å². The number of aliphatic hydroxyl groups excluding tert-OH is 1. The second-order valence-corrected chi connectivity index (χ2v) is 7.98. The molecule has 10 heteroatoms. The van der Waals surface area contributed by atoms with Gasteiger partial charge in [-0.15, -0.1) is 0 Å². The predicted octanol–water partition coefficient (Wildman–Crippen LogP) is 2.18. The van der Waals surface area contributed by atoms with Gasteiger partial charge in [-0.1, -0.05) is 24.3 Å². The largest absolute Gasteiger partial charge is 0.395 e. The normalized spacial score (nSPS) is 16.3. The molecule has 3 rings (SSSR count). The quantitative estimate of drug-likeness (QED) is 0.559. The summed E-state index contributed by atoms with van der Waals surface area (Å²) < 4.78 is 26.0. The molecule has 1 aliphatic heterocycles. The number of hydrogen-bond donors (Lipinski definition) is 3. The summed E-state index contributed by atoms with van der Waals surface area (Å²) in [6, 6.07) is 8.42. The molecular formula is C23H26F2N4O4. The summed E-state index contributed by atoms with van der Waals surface area (Å²) in [6.07, 6.45) is 0.468. The number of aliphatic hydroxyl groups is 1. The molecule has 0 fully saturated rings. The van der Waals surface area contributed by atoms with Gasteiger partial charge in [-0.05, 0) is 37.1 Å². The zero-order valence-corrected chi connectivity index (χ0v) is 18.3. The van der Waals surface area contributed by atoms with Gasteiger partial charge in [-0.2, -0.15) is 0 Å². The number of amides is 3. The van der Waals surface area contributed by atoms with E-state index in [4.69, 9.17) is 0 Å². The summed E-state index contributed by atoms with van der Waals surface area (Å²) in [7, 11) is 0. The number of hydrogen-bond acceptors (Lipinski definition) is 5. The molecule has 0 radical (unpaired) electrons. The number of pyridine rings is 1. The summed E-state index contributed by atoms with van der Waals surface area (Å²) in [4.78, 5) is 43.9. The lowest BCUT2D eigenvalue weighted by atomic mass is 9.96.